The van der Waals surface area contributed by atoms with Gasteiger partial charge in [0.2, 0.25) is 5.91 Å². The van der Waals surface area contributed by atoms with Crippen molar-refractivity contribution in [2.24, 2.45) is 0 Å². The van der Waals surface area contributed by atoms with Crippen molar-refractivity contribution in [3.8, 4) is 0 Å². The number of rotatable bonds is 6. The number of nitrogens with zero attached hydrogens (tertiary/aromatic N) is 4. The molecule has 0 atom stereocenters. The smallest absolute Gasteiger partial charge is 0.292 e. The Bertz CT molecular complexity index is 804. The molecule has 0 aliphatic carbocycles. The van der Waals surface area contributed by atoms with Crippen LogP contribution < -0.4 is 10.2 Å². The standard InChI is InChI=1S/C19H23N5O3/c1-15-5-6-16(17(14-15)24(26)27)20-9-7-19(25)23-12-10-22(11-13-23)18-4-2-3-8-21-18/h2-6,8,14,20H,7,9-13H2,1H3. The first-order valence-corrected chi connectivity index (χ1v) is 8.97. The van der Waals surface area contributed by atoms with E-state index >= 15 is 0 Å². The van der Waals surface area contributed by atoms with Gasteiger partial charge in [-0.05, 0) is 30.7 Å². The number of anilines is 2. The Labute approximate surface area is 158 Å². The zero-order valence-corrected chi connectivity index (χ0v) is 15.3. The lowest BCUT2D eigenvalue weighted by molar-refractivity contribution is -0.384. The highest BCUT2D eigenvalue weighted by atomic mass is 16.6. The molecule has 2 heterocycles. The highest BCUT2D eigenvalue weighted by Gasteiger charge is 2.21. The van der Waals surface area contributed by atoms with E-state index in [4.69, 9.17) is 0 Å². The number of nitro groups is 1. The van der Waals surface area contributed by atoms with Crippen LogP contribution >= 0.6 is 0 Å². The van der Waals surface area contributed by atoms with Gasteiger partial charge in [-0.25, -0.2) is 4.98 Å². The minimum Gasteiger partial charge on any atom is -0.379 e. The molecule has 27 heavy (non-hydrogen) atoms. The van der Waals surface area contributed by atoms with Crippen molar-refractivity contribution in [2.75, 3.05) is 42.9 Å². The molecule has 8 nitrogen and oxygen atoms in total. The van der Waals surface area contributed by atoms with Crippen LogP contribution in [0.3, 0.4) is 0 Å². The number of carbonyl (C=O) groups excluding carboxylic acids is 1. The molecule has 1 aliphatic rings. The van der Waals surface area contributed by atoms with Gasteiger partial charge in [-0.1, -0.05) is 12.1 Å². The number of nitro benzene ring substituents is 1. The molecule has 0 radical (unpaired) electrons. The van der Waals surface area contributed by atoms with Crippen LogP contribution in [0.4, 0.5) is 17.2 Å². The van der Waals surface area contributed by atoms with Crippen LogP contribution in [-0.4, -0.2) is 53.4 Å². The molecule has 1 aromatic heterocycles. The predicted molar refractivity (Wildman–Crippen MR) is 104 cm³/mol. The number of benzene rings is 1. The molecule has 1 amide bonds. The normalized spacial score (nSPS) is 14.1. The SMILES string of the molecule is Cc1ccc(NCCC(=O)N2CCN(c3ccccn3)CC2)c([N+](=O)[O-])c1. The topological polar surface area (TPSA) is 91.6 Å². The van der Waals surface area contributed by atoms with Gasteiger partial charge in [0, 0.05) is 51.4 Å². The Morgan fingerprint density at radius 1 is 1.22 bits per heavy atom. The lowest BCUT2D eigenvalue weighted by Gasteiger charge is -2.35. The highest BCUT2D eigenvalue weighted by molar-refractivity contribution is 5.77. The molecule has 2 aromatic rings. The molecule has 1 aliphatic heterocycles. The largest absolute Gasteiger partial charge is 0.379 e. The highest BCUT2D eigenvalue weighted by Crippen LogP contribution is 2.25. The molecule has 1 aromatic carbocycles. The fourth-order valence-electron chi connectivity index (χ4n) is 3.13. The van der Waals surface area contributed by atoms with Crippen molar-refractivity contribution in [3.05, 3.63) is 58.3 Å². The number of pyridine rings is 1. The molecule has 0 bridgehead atoms. The maximum Gasteiger partial charge on any atom is 0.292 e. The first kappa shape index (κ1) is 18.6. The van der Waals surface area contributed by atoms with Crippen LogP contribution in [0.2, 0.25) is 0 Å². The Morgan fingerprint density at radius 2 is 2.00 bits per heavy atom. The summed E-state index contributed by atoms with van der Waals surface area (Å²) in [4.78, 5) is 31.5. The second-order valence-electron chi connectivity index (χ2n) is 6.51. The summed E-state index contributed by atoms with van der Waals surface area (Å²) in [7, 11) is 0. The van der Waals surface area contributed by atoms with Gasteiger partial charge >= 0.3 is 0 Å². The van der Waals surface area contributed by atoms with Crippen molar-refractivity contribution in [3.63, 3.8) is 0 Å². The number of aryl methyl sites for hydroxylation is 1. The molecular formula is C19H23N5O3. The van der Waals surface area contributed by atoms with Gasteiger partial charge < -0.3 is 15.1 Å². The molecule has 1 N–H and O–H groups in total. The van der Waals surface area contributed by atoms with Crippen LogP contribution in [0.1, 0.15) is 12.0 Å². The quantitative estimate of drug-likeness (QED) is 0.621. The minimum absolute atomic E-state index is 0.0337. The zero-order valence-electron chi connectivity index (χ0n) is 15.3. The van der Waals surface area contributed by atoms with Crippen LogP contribution in [0, 0.1) is 17.0 Å². The van der Waals surface area contributed by atoms with Crippen molar-refractivity contribution in [1.29, 1.82) is 0 Å². The molecule has 8 heteroatoms. The zero-order chi connectivity index (χ0) is 19.2. The number of nitrogens with one attached hydrogen (secondary N) is 1. The molecule has 1 fully saturated rings. The number of hydrogen-bond donors (Lipinski definition) is 1. The van der Waals surface area contributed by atoms with Gasteiger partial charge in [-0.3, -0.25) is 14.9 Å². The Morgan fingerprint density at radius 3 is 2.67 bits per heavy atom. The molecule has 1 saturated heterocycles. The lowest BCUT2D eigenvalue weighted by atomic mass is 10.2. The third-order valence-electron chi connectivity index (χ3n) is 4.61. The van der Waals surface area contributed by atoms with E-state index in [1.165, 1.54) is 6.07 Å². The predicted octanol–water partition coefficient (Wildman–Crippen LogP) is 2.45. The van der Waals surface area contributed by atoms with Crippen molar-refractivity contribution in [1.82, 2.24) is 9.88 Å². The second-order valence-corrected chi connectivity index (χ2v) is 6.51. The summed E-state index contributed by atoms with van der Waals surface area (Å²) in [5.41, 5.74) is 1.30. The second kappa shape index (κ2) is 8.48. The third kappa shape index (κ3) is 4.72. The Balaban J connectivity index is 1.48. The third-order valence-corrected chi connectivity index (χ3v) is 4.61. The molecule has 0 unspecified atom stereocenters. The summed E-state index contributed by atoms with van der Waals surface area (Å²) >= 11 is 0. The van der Waals surface area contributed by atoms with E-state index in [1.54, 1.807) is 12.3 Å². The average Bonchev–Trinajstić information content (AvgIpc) is 2.69. The van der Waals surface area contributed by atoms with Crippen molar-refractivity contribution >= 4 is 23.1 Å². The Hall–Kier alpha value is -3.16. The van der Waals surface area contributed by atoms with Gasteiger partial charge in [-0.2, -0.15) is 0 Å². The van der Waals surface area contributed by atoms with Crippen LogP contribution in [0.5, 0.6) is 0 Å². The fraction of sp³-hybridized carbons (Fsp3) is 0.368. The fourth-order valence-corrected chi connectivity index (χ4v) is 3.13. The number of carbonyl (C=O) groups is 1. The van der Waals surface area contributed by atoms with Crippen molar-refractivity contribution < 1.29 is 9.72 Å². The van der Waals surface area contributed by atoms with Gasteiger partial charge in [0.1, 0.15) is 11.5 Å². The van der Waals surface area contributed by atoms with Gasteiger partial charge in [0.05, 0.1) is 4.92 Å². The van der Waals surface area contributed by atoms with Gasteiger partial charge in [0.25, 0.3) is 5.69 Å². The van der Waals surface area contributed by atoms with E-state index in [0.717, 1.165) is 24.5 Å². The number of hydrogen-bond acceptors (Lipinski definition) is 6. The maximum absolute atomic E-state index is 12.4. The summed E-state index contributed by atoms with van der Waals surface area (Å²) in [5.74, 6) is 0.982. The van der Waals surface area contributed by atoms with Crippen LogP contribution in [0.25, 0.3) is 0 Å². The van der Waals surface area contributed by atoms with Crippen LogP contribution in [-0.2, 0) is 4.79 Å². The molecule has 0 spiro atoms. The van der Waals surface area contributed by atoms with E-state index < -0.39 is 4.92 Å². The first-order chi connectivity index (χ1) is 13.0. The average molecular weight is 369 g/mol. The van der Waals surface area contributed by atoms with Crippen molar-refractivity contribution in [2.45, 2.75) is 13.3 Å². The monoisotopic (exact) mass is 369 g/mol. The maximum atomic E-state index is 12.4. The van der Waals surface area contributed by atoms with Gasteiger partial charge in [0.15, 0.2) is 0 Å². The summed E-state index contributed by atoms with van der Waals surface area (Å²) in [5, 5.41) is 14.2. The molecule has 0 saturated carbocycles. The molecule has 142 valence electrons. The number of amides is 1. The lowest BCUT2D eigenvalue weighted by Crippen LogP contribution is -2.49. The number of aromatic nitrogens is 1. The van der Waals surface area contributed by atoms with E-state index in [2.05, 4.69) is 15.2 Å². The van der Waals surface area contributed by atoms with E-state index in [-0.39, 0.29) is 11.6 Å². The summed E-state index contributed by atoms with van der Waals surface area (Å²) in [6, 6.07) is 10.8. The summed E-state index contributed by atoms with van der Waals surface area (Å²) in [6.07, 6.45) is 2.07. The minimum atomic E-state index is -0.409. The molecular weight excluding hydrogens is 346 g/mol. The van der Waals surface area contributed by atoms with Gasteiger partial charge in [-0.15, -0.1) is 0 Å². The van der Waals surface area contributed by atoms with E-state index in [0.29, 0.717) is 31.7 Å². The van der Waals surface area contributed by atoms with E-state index in [1.807, 2.05) is 36.1 Å². The molecule has 3 rings (SSSR count). The number of piperazine rings is 1. The Kier molecular flexibility index (Phi) is 5.85. The van der Waals surface area contributed by atoms with E-state index in [9.17, 15) is 14.9 Å². The summed E-state index contributed by atoms with van der Waals surface area (Å²) in [6.45, 7) is 4.98. The first-order valence-electron chi connectivity index (χ1n) is 8.97. The van der Waals surface area contributed by atoms with Crippen LogP contribution in [0.15, 0.2) is 42.6 Å². The summed E-state index contributed by atoms with van der Waals surface area (Å²) < 4.78 is 0.